The molecule has 0 fully saturated rings. The molecular weight excluding hydrogens is 415 g/mol. The largest absolute Gasteiger partial charge is 0.493 e. The second-order valence-corrected chi connectivity index (χ2v) is 8.00. The van der Waals surface area contributed by atoms with Gasteiger partial charge < -0.3 is 9.47 Å². The zero-order valence-corrected chi connectivity index (χ0v) is 18.4. The van der Waals surface area contributed by atoms with Crippen LogP contribution >= 0.6 is 0 Å². The van der Waals surface area contributed by atoms with Crippen molar-refractivity contribution >= 4 is 16.3 Å². The van der Waals surface area contributed by atoms with Crippen LogP contribution in [0.25, 0.3) is 16.3 Å². The zero-order valence-electron chi connectivity index (χ0n) is 18.4. The van der Waals surface area contributed by atoms with E-state index in [2.05, 4.69) is 24.0 Å². The van der Waals surface area contributed by atoms with Gasteiger partial charge in [-0.1, -0.05) is 36.4 Å². The molecule has 0 aliphatic carbocycles. The molecule has 4 rings (SSSR count). The van der Waals surface area contributed by atoms with Crippen molar-refractivity contribution in [2.24, 2.45) is 0 Å². The Labute approximate surface area is 186 Å². The monoisotopic (exact) mass is 441 g/mol. The van der Waals surface area contributed by atoms with Gasteiger partial charge in [0, 0.05) is 19.1 Å². The molecule has 32 heavy (non-hydrogen) atoms. The van der Waals surface area contributed by atoms with E-state index < -0.39 is 11.7 Å². The molecule has 1 heterocycles. The summed E-state index contributed by atoms with van der Waals surface area (Å²) in [6, 6.07) is 15.9. The van der Waals surface area contributed by atoms with Gasteiger partial charge in [-0.15, -0.1) is 0 Å². The first-order chi connectivity index (χ1) is 15.3. The van der Waals surface area contributed by atoms with Crippen molar-refractivity contribution in [3.8, 4) is 11.5 Å². The lowest BCUT2D eigenvalue weighted by molar-refractivity contribution is -0.137. The van der Waals surface area contributed by atoms with Crippen LogP contribution in [-0.4, -0.2) is 32.2 Å². The first-order valence-electron chi connectivity index (χ1n) is 10.6. The van der Waals surface area contributed by atoms with Crippen LogP contribution in [0.1, 0.15) is 36.1 Å². The molecule has 0 N–H and O–H groups in total. The number of benzene rings is 3. The predicted molar refractivity (Wildman–Crippen MR) is 121 cm³/mol. The Kier molecular flexibility index (Phi) is 6.15. The van der Waals surface area contributed by atoms with Crippen LogP contribution in [0, 0.1) is 0 Å². The lowest BCUT2D eigenvalue weighted by Gasteiger charge is -2.33. The topological polar surface area (TPSA) is 21.7 Å². The Bertz CT molecular complexity index is 1150. The second-order valence-electron chi connectivity index (χ2n) is 8.00. The fraction of sp³-hybridized carbons (Fsp3) is 0.308. The Balaban J connectivity index is 1.59. The van der Waals surface area contributed by atoms with Gasteiger partial charge in [0.05, 0.1) is 19.8 Å². The van der Waals surface area contributed by atoms with Crippen molar-refractivity contribution < 1.29 is 22.6 Å². The van der Waals surface area contributed by atoms with Crippen LogP contribution in [0.2, 0.25) is 0 Å². The van der Waals surface area contributed by atoms with Gasteiger partial charge in [-0.05, 0) is 65.1 Å². The minimum atomic E-state index is -4.33. The van der Waals surface area contributed by atoms with E-state index in [1.54, 1.807) is 20.3 Å². The second kappa shape index (κ2) is 8.87. The van der Waals surface area contributed by atoms with Crippen molar-refractivity contribution in [3.05, 3.63) is 77.4 Å². The number of fused-ring (bicyclic) bond motifs is 1. The first-order valence-corrected chi connectivity index (χ1v) is 10.6. The van der Waals surface area contributed by atoms with Gasteiger partial charge in [0.15, 0.2) is 11.5 Å². The summed E-state index contributed by atoms with van der Waals surface area (Å²) < 4.78 is 50.2. The number of methoxy groups -OCH3 is 2. The van der Waals surface area contributed by atoms with E-state index in [0.29, 0.717) is 30.0 Å². The molecular formula is C26H26F3NO2. The summed E-state index contributed by atoms with van der Waals surface area (Å²) >= 11 is 0. The molecule has 0 amide bonds. The number of halogens is 3. The number of ether oxygens (including phenoxy) is 2. The molecule has 0 saturated carbocycles. The summed E-state index contributed by atoms with van der Waals surface area (Å²) in [4.78, 5) is 2.34. The third kappa shape index (κ3) is 4.32. The molecule has 0 bridgehead atoms. The summed E-state index contributed by atoms with van der Waals surface area (Å²) in [5, 5.41) is 2.18. The van der Waals surface area contributed by atoms with Crippen LogP contribution < -0.4 is 9.47 Å². The Morgan fingerprint density at radius 1 is 0.938 bits per heavy atom. The molecule has 0 aromatic heterocycles. The summed E-state index contributed by atoms with van der Waals surface area (Å²) in [5.41, 5.74) is 2.18. The molecule has 0 spiro atoms. The van der Waals surface area contributed by atoms with Crippen LogP contribution in [0.4, 0.5) is 13.2 Å². The van der Waals surface area contributed by atoms with Crippen molar-refractivity contribution in [3.63, 3.8) is 0 Å². The number of hydrogen-bond acceptors (Lipinski definition) is 3. The van der Waals surface area contributed by atoms with Crippen LogP contribution in [0.3, 0.4) is 0 Å². The van der Waals surface area contributed by atoms with E-state index in [-0.39, 0.29) is 6.04 Å². The van der Waals surface area contributed by atoms with E-state index in [1.165, 1.54) is 17.7 Å². The third-order valence-electron chi connectivity index (χ3n) is 6.22. The fourth-order valence-corrected chi connectivity index (χ4v) is 4.38. The average Bonchev–Trinajstić information content (AvgIpc) is 2.82. The van der Waals surface area contributed by atoms with Gasteiger partial charge >= 0.3 is 6.18 Å². The van der Waals surface area contributed by atoms with E-state index in [0.717, 1.165) is 29.0 Å². The lowest BCUT2D eigenvalue weighted by atomic mass is 9.94. The standard InChI is InChI=1S/C26H26F3NO2/c1-17(22-9-5-7-20-15-24(31-2)25(32-3)16-23(20)22)30-12-10-18(11-13-30)19-6-4-8-21(14-19)26(27,28)29/h4-10,14-17H,11-13H2,1-3H3. The molecule has 3 aromatic rings. The maximum absolute atomic E-state index is 13.1. The maximum Gasteiger partial charge on any atom is 0.416 e. The van der Waals surface area contributed by atoms with Crippen molar-refractivity contribution in [2.75, 3.05) is 27.3 Å². The van der Waals surface area contributed by atoms with Crippen LogP contribution in [0.15, 0.2) is 60.7 Å². The van der Waals surface area contributed by atoms with Crippen molar-refractivity contribution in [1.29, 1.82) is 0 Å². The molecule has 6 heteroatoms. The molecule has 1 unspecified atom stereocenters. The van der Waals surface area contributed by atoms with Gasteiger partial charge in [-0.3, -0.25) is 4.90 Å². The highest BCUT2D eigenvalue weighted by Crippen LogP contribution is 2.38. The number of rotatable bonds is 5. The van der Waals surface area contributed by atoms with E-state index in [1.807, 2.05) is 24.3 Å². The number of nitrogens with zero attached hydrogens (tertiary/aromatic N) is 1. The summed E-state index contributed by atoms with van der Waals surface area (Å²) in [6.45, 7) is 3.61. The summed E-state index contributed by atoms with van der Waals surface area (Å²) in [5.74, 6) is 1.38. The molecule has 1 atom stereocenters. The quantitative estimate of drug-likeness (QED) is 0.438. The highest BCUT2D eigenvalue weighted by atomic mass is 19.4. The van der Waals surface area contributed by atoms with Gasteiger partial charge in [-0.2, -0.15) is 13.2 Å². The molecule has 1 aliphatic heterocycles. The van der Waals surface area contributed by atoms with E-state index in [9.17, 15) is 13.2 Å². The Hall–Kier alpha value is -2.99. The van der Waals surface area contributed by atoms with Crippen LogP contribution in [0.5, 0.6) is 11.5 Å². The first kappa shape index (κ1) is 22.2. The van der Waals surface area contributed by atoms with E-state index in [4.69, 9.17) is 9.47 Å². The third-order valence-corrected chi connectivity index (χ3v) is 6.22. The fourth-order valence-electron chi connectivity index (χ4n) is 4.38. The summed E-state index contributed by atoms with van der Waals surface area (Å²) in [7, 11) is 3.25. The zero-order chi connectivity index (χ0) is 22.9. The molecule has 0 saturated heterocycles. The minimum absolute atomic E-state index is 0.135. The van der Waals surface area contributed by atoms with Crippen molar-refractivity contribution in [2.45, 2.75) is 25.6 Å². The SMILES string of the molecule is COc1cc2cccc(C(C)N3CC=C(c4cccc(C(F)(F)F)c4)CC3)c2cc1OC. The maximum atomic E-state index is 13.1. The Morgan fingerprint density at radius 3 is 2.31 bits per heavy atom. The number of hydrogen-bond donors (Lipinski definition) is 0. The van der Waals surface area contributed by atoms with Gasteiger partial charge in [0.25, 0.3) is 0 Å². The normalized spacial score (nSPS) is 16.0. The highest BCUT2D eigenvalue weighted by molar-refractivity contribution is 5.89. The molecule has 168 valence electrons. The highest BCUT2D eigenvalue weighted by Gasteiger charge is 2.31. The van der Waals surface area contributed by atoms with Gasteiger partial charge in [0.1, 0.15) is 0 Å². The lowest BCUT2D eigenvalue weighted by Crippen LogP contribution is -2.31. The minimum Gasteiger partial charge on any atom is -0.493 e. The van der Waals surface area contributed by atoms with Gasteiger partial charge in [-0.25, -0.2) is 0 Å². The molecule has 3 aromatic carbocycles. The average molecular weight is 441 g/mol. The van der Waals surface area contributed by atoms with Gasteiger partial charge in [0.2, 0.25) is 0 Å². The smallest absolute Gasteiger partial charge is 0.416 e. The predicted octanol–water partition coefficient (Wildman–Crippen LogP) is 6.73. The molecule has 0 radical (unpaired) electrons. The summed E-state index contributed by atoms with van der Waals surface area (Å²) in [6.07, 6.45) is -1.58. The molecule has 1 aliphatic rings. The van der Waals surface area contributed by atoms with Crippen LogP contribution in [-0.2, 0) is 6.18 Å². The Morgan fingerprint density at radius 2 is 1.66 bits per heavy atom. The van der Waals surface area contributed by atoms with E-state index >= 15 is 0 Å². The van der Waals surface area contributed by atoms with Crippen molar-refractivity contribution in [1.82, 2.24) is 4.90 Å². The molecule has 3 nitrogen and oxygen atoms in total. The number of alkyl halides is 3.